The Hall–Kier alpha value is -1.28. The SMILES string of the molecule is CC(C)c1ccccc1COc1ccc(Br)cc1. The van der Waals surface area contributed by atoms with Crippen LogP contribution < -0.4 is 4.74 Å². The molecule has 2 aromatic carbocycles. The summed E-state index contributed by atoms with van der Waals surface area (Å²) >= 11 is 3.42. The summed E-state index contributed by atoms with van der Waals surface area (Å²) < 4.78 is 6.88. The van der Waals surface area contributed by atoms with Gasteiger partial charge in [-0.15, -0.1) is 0 Å². The van der Waals surface area contributed by atoms with Crippen LogP contribution in [-0.4, -0.2) is 0 Å². The van der Waals surface area contributed by atoms with Crippen LogP contribution in [0.3, 0.4) is 0 Å². The Morgan fingerprint density at radius 2 is 1.67 bits per heavy atom. The number of hydrogen-bond donors (Lipinski definition) is 0. The minimum Gasteiger partial charge on any atom is -0.489 e. The Bertz CT molecular complexity index is 503. The molecule has 0 saturated carbocycles. The van der Waals surface area contributed by atoms with E-state index in [4.69, 9.17) is 4.74 Å². The van der Waals surface area contributed by atoms with Gasteiger partial charge in [-0.2, -0.15) is 0 Å². The van der Waals surface area contributed by atoms with Crippen LogP contribution in [0.4, 0.5) is 0 Å². The first-order valence-electron chi connectivity index (χ1n) is 6.13. The maximum Gasteiger partial charge on any atom is 0.119 e. The van der Waals surface area contributed by atoms with Gasteiger partial charge in [0, 0.05) is 4.47 Å². The molecule has 0 amide bonds. The summed E-state index contributed by atoms with van der Waals surface area (Å²) in [6, 6.07) is 16.4. The Morgan fingerprint density at radius 3 is 2.33 bits per heavy atom. The summed E-state index contributed by atoms with van der Waals surface area (Å²) in [7, 11) is 0. The van der Waals surface area contributed by atoms with Crippen LogP contribution >= 0.6 is 15.9 Å². The van der Waals surface area contributed by atoms with E-state index in [2.05, 4.69) is 54.0 Å². The maximum atomic E-state index is 5.82. The van der Waals surface area contributed by atoms with E-state index >= 15 is 0 Å². The molecule has 0 saturated heterocycles. The second-order valence-electron chi connectivity index (χ2n) is 4.60. The van der Waals surface area contributed by atoms with Gasteiger partial charge >= 0.3 is 0 Å². The smallest absolute Gasteiger partial charge is 0.119 e. The summed E-state index contributed by atoms with van der Waals surface area (Å²) in [4.78, 5) is 0. The number of ether oxygens (including phenoxy) is 1. The molecule has 0 radical (unpaired) electrons. The lowest BCUT2D eigenvalue weighted by molar-refractivity contribution is 0.304. The summed E-state index contributed by atoms with van der Waals surface area (Å²) in [6.07, 6.45) is 0. The van der Waals surface area contributed by atoms with E-state index in [9.17, 15) is 0 Å². The first-order valence-corrected chi connectivity index (χ1v) is 6.92. The van der Waals surface area contributed by atoms with Crippen LogP contribution in [0.1, 0.15) is 30.9 Å². The van der Waals surface area contributed by atoms with Crippen molar-refractivity contribution in [2.45, 2.75) is 26.4 Å². The van der Waals surface area contributed by atoms with Crippen molar-refractivity contribution in [1.82, 2.24) is 0 Å². The van der Waals surface area contributed by atoms with E-state index in [-0.39, 0.29) is 0 Å². The van der Waals surface area contributed by atoms with Gasteiger partial charge in [-0.3, -0.25) is 0 Å². The molecule has 0 fully saturated rings. The van der Waals surface area contributed by atoms with Gasteiger partial charge in [-0.05, 0) is 41.3 Å². The number of benzene rings is 2. The van der Waals surface area contributed by atoms with Gasteiger partial charge in [0.25, 0.3) is 0 Å². The Balaban J connectivity index is 2.08. The Morgan fingerprint density at radius 1 is 1.00 bits per heavy atom. The predicted octanol–water partition coefficient (Wildman–Crippen LogP) is 5.15. The van der Waals surface area contributed by atoms with E-state index < -0.39 is 0 Å². The maximum absolute atomic E-state index is 5.82. The fraction of sp³-hybridized carbons (Fsp3) is 0.250. The molecule has 0 aliphatic heterocycles. The van der Waals surface area contributed by atoms with Crippen LogP contribution in [0.2, 0.25) is 0 Å². The van der Waals surface area contributed by atoms with Crippen LogP contribution in [0.15, 0.2) is 53.0 Å². The average molecular weight is 305 g/mol. The quantitative estimate of drug-likeness (QED) is 0.759. The normalized spacial score (nSPS) is 10.7. The van der Waals surface area contributed by atoms with Crippen molar-refractivity contribution >= 4 is 15.9 Å². The summed E-state index contributed by atoms with van der Waals surface area (Å²) in [5, 5.41) is 0. The minimum atomic E-state index is 0.523. The van der Waals surface area contributed by atoms with E-state index in [1.165, 1.54) is 11.1 Å². The molecule has 1 nitrogen and oxygen atoms in total. The van der Waals surface area contributed by atoms with Crippen LogP contribution in [0.25, 0.3) is 0 Å². The minimum absolute atomic E-state index is 0.523. The highest BCUT2D eigenvalue weighted by atomic mass is 79.9. The topological polar surface area (TPSA) is 9.23 Å². The number of halogens is 1. The Labute approximate surface area is 117 Å². The second kappa shape index (κ2) is 6.05. The largest absolute Gasteiger partial charge is 0.489 e. The second-order valence-corrected chi connectivity index (χ2v) is 5.51. The van der Waals surface area contributed by atoms with Crippen molar-refractivity contribution in [3.63, 3.8) is 0 Å². The molecule has 0 N–H and O–H groups in total. The van der Waals surface area contributed by atoms with Crippen molar-refractivity contribution in [2.24, 2.45) is 0 Å². The van der Waals surface area contributed by atoms with E-state index in [0.717, 1.165) is 10.2 Å². The molecule has 0 aromatic heterocycles. The molecule has 94 valence electrons. The highest BCUT2D eigenvalue weighted by Gasteiger charge is 2.06. The molecule has 0 aliphatic carbocycles. The lowest BCUT2D eigenvalue weighted by Gasteiger charge is -2.13. The molecule has 18 heavy (non-hydrogen) atoms. The zero-order valence-corrected chi connectivity index (χ0v) is 12.3. The highest BCUT2D eigenvalue weighted by molar-refractivity contribution is 9.10. The average Bonchev–Trinajstić information content (AvgIpc) is 2.38. The van der Waals surface area contributed by atoms with Crippen molar-refractivity contribution in [3.05, 3.63) is 64.1 Å². The molecule has 0 atom stereocenters. The van der Waals surface area contributed by atoms with Crippen LogP contribution in [0, 0.1) is 0 Å². The zero-order chi connectivity index (χ0) is 13.0. The molecule has 2 heteroatoms. The van der Waals surface area contributed by atoms with Gasteiger partial charge in [0.15, 0.2) is 0 Å². The van der Waals surface area contributed by atoms with Gasteiger partial charge in [0.05, 0.1) is 0 Å². The molecule has 0 heterocycles. The van der Waals surface area contributed by atoms with Gasteiger partial charge in [0.1, 0.15) is 12.4 Å². The number of hydrogen-bond acceptors (Lipinski definition) is 1. The fourth-order valence-corrected chi connectivity index (χ4v) is 2.19. The van der Waals surface area contributed by atoms with Crippen molar-refractivity contribution in [1.29, 1.82) is 0 Å². The monoisotopic (exact) mass is 304 g/mol. The van der Waals surface area contributed by atoms with Crippen LogP contribution in [-0.2, 0) is 6.61 Å². The molecule has 0 unspecified atom stereocenters. The highest BCUT2D eigenvalue weighted by Crippen LogP contribution is 2.22. The number of rotatable bonds is 4. The van der Waals surface area contributed by atoms with Crippen molar-refractivity contribution in [3.8, 4) is 5.75 Å². The lowest BCUT2D eigenvalue weighted by Crippen LogP contribution is -2.01. The standard InChI is InChI=1S/C16H17BrO/c1-12(2)16-6-4-3-5-13(16)11-18-15-9-7-14(17)8-10-15/h3-10,12H,11H2,1-2H3. The summed E-state index contributed by atoms with van der Waals surface area (Å²) in [6.45, 7) is 5.03. The molecule has 0 aliphatic rings. The first kappa shape index (κ1) is 13.2. The third-order valence-corrected chi connectivity index (χ3v) is 3.41. The zero-order valence-electron chi connectivity index (χ0n) is 10.7. The van der Waals surface area contributed by atoms with Crippen molar-refractivity contribution < 1.29 is 4.74 Å². The van der Waals surface area contributed by atoms with E-state index in [1.54, 1.807) is 0 Å². The van der Waals surface area contributed by atoms with Gasteiger partial charge in [0.2, 0.25) is 0 Å². The van der Waals surface area contributed by atoms with Gasteiger partial charge < -0.3 is 4.74 Å². The fourth-order valence-electron chi connectivity index (χ4n) is 1.92. The third kappa shape index (κ3) is 3.36. The van der Waals surface area contributed by atoms with Crippen molar-refractivity contribution in [2.75, 3.05) is 0 Å². The molecule has 0 spiro atoms. The van der Waals surface area contributed by atoms with Gasteiger partial charge in [-0.25, -0.2) is 0 Å². The lowest BCUT2D eigenvalue weighted by atomic mass is 9.98. The van der Waals surface area contributed by atoms with E-state index in [1.807, 2.05) is 24.3 Å². The molecule has 2 aromatic rings. The molecular weight excluding hydrogens is 288 g/mol. The summed E-state index contributed by atoms with van der Waals surface area (Å²) in [5.74, 6) is 1.42. The molecule has 0 bridgehead atoms. The molecule has 2 rings (SSSR count). The summed E-state index contributed by atoms with van der Waals surface area (Å²) in [5.41, 5.74) is 2.62. The van der Waals surface area contributed by atoms with Crippen LogP contribution in [0.5, 0.6) is 5.75 Å². The van der Waals surface area contributed by atoms with Gasteiger partial charge in [-0.1, -0.05) is 54.0 Å². The Kier molecular flexibility index (Phi) is 4.43. The third-order valence-electron chi connectivity index (χ3n) is 2.89. The molecular formula is C16H17BrO. The predicted molar refractivity (Wildman–Crippen MR) is 79.0 cm³/mol. The van der Waals surface area contributed by atoms with E-state index in [0.29, 0.717) is 12.5 Å². The first-order chi connectivity index (χ1) is 8.66.